The van der Waals surface area contributed by atoms with Crippen molar-refractivity contribution >= 4 is 6.08 Å². The van der Waals surface area contributed by atoms with E-state index in [2.05, 4.69) is 9.97 Å². The zero-order chi connectivity index (χ0) is 8.10. The second kappa shape index (κ2) is 3.83. The van der Waals surface area contributed by atoms with Crippen molar-refractivity contribution in [3.63, 3.8) is 0 Å². The van der Waals surface area contributed by atoms with Crippen molar-refractivity contribution < 1.29 is 5.11 Å². The van der Waals surface area contributed by atoms with E-state index in [1.54, 1.807) is 24.5 Å². The minimum Gasteiger partial charge on any atom is -0.392 e. The van der Waals surface area contributed by atoms with Crippen LogP contribution in [0.4, 0.5) is 0 Å². The number of nitrogens with zero attached hydrogens (tertiary/aromatic N) is 2. The normalized spacial score (nSPS) is 10.7. The lowest BCUT2D eigenvalue weighted by Crippen LogP contribution is -1.86. The van der Waals surface area contributed by atoms with Crippen LogP contribution in [-0.2, 0) is 0 Å². The Morgan fingerprint density at radius 2 is 2.09 bits per heavy atom. The van der Waals surface area contributed by atoms with E-state index >= 15 is 0 Å². The Balaban J connectivity index is 2.73. The highest BCUT2D eigenvalue weighted by Crippen LogP contribution is 1.97. The van der Waals surface area contributed by atoms with Crippen molar-refractivity contribution in [2.45, 2.75) is 6.92 Å². The lowest BCUT2D eigenvalue weighted by atomic mass is 10.3. The van der Waals surface area contributed by atoms with E-state index < -0.39 is 0 Å². The van der Waals surface area contributed by atoms with E-state index in [0.717, 1.165) is 11.4 Å². The lowest BCUT2D eigenvalue weighted by molar-refractivity contribution is 0.343. The largest absolute Gasteiger partial charge is 0.392 e. The number of hydrogen-bond acceptors (Lipinski definition) is 3. The van der Waals surface area contributed by atoms with E-state index in [1.807, 2.05) is 6.92 Å². The van der Waals surface area contributed by atoms with Crippen LogP contribution in [0.5, 0.6) is 0 Å². The molecular weight excluding hydrogens is 140 g/mol. The summed E-state index contributed by atoms with van der Waals surface area (Å²) in [4.78, 5) is 7.98. The zero-order valence-electron chi connectivity index (χ0n) is 6.36. The molecule has 1 aromatic rings. The Labute approximate surface area is 65.4 Å². The van der Waals surface area contributed by atoms with Crippen LogP contribution in [0.15, 0.2) is 18.5 Å². The molecule has 0 unspecified atom stereocenters. The molecule has 0 fully saturated rings. The highest BCUT2D eigenvalue weighted by molar-refractivity contribution is 5.46. The van der Waals surface area contributed by atoms with Crippen LogP contribution in [0.2, 0.25) is 0 Å². The minimum absolute atomic E-state index is 0.0495. The van der Waals surface area contributed by atoms with Gasteiger partial charge in [-0.2, -0.15) is 0 Å². The van der Waals surface area contributed by atoms with E-state index in [1.165, 1.54) is 0 Å². The molecule has 0 atom stereocenters. The molecule has 1 rings (SSSR count). The van der Waals surface area contributed by atoms with Gasteiger partial charge in [-0.1, -0.05) is 12.2 Å². The molecule has 11 heavy (non-hydrogen) atoms. The van der Waals surface area contributed by atoms with Gasteiger partial charge in [-0.05, 0) is 6.92 Å². The fraction of sp³-hybridized carbons (Fsp3) is 0.250. The van der Waals surface area contributed by atoms with Crippen LogP contribution < -0.4 is 0 Å². The first kappa shape index (κ1) is 7.88. The molecule has 0 saturated carbocycles. The summed E-state index contributed by atoms with van der Waals surface area (Å²) < 4.78 is 0. The summed E-state index contributed by atoms with van der Waals surface area (Å²) in [5, 5.41) is 8.45. The Morgan fingerprint density at radius 3 is 2.64 bits per heavy atom. The lowest BCUT2D eigenvalue weighted by Gasteiger charge is -1.91. The molecule has 0 bridgehead atoms. The van der Waals surface area contributed by atoms with Crippen LogP contribution >= 0.6 is 0 Å². The van der Waals surface area contributed by atoms with E-state index in [0.29, 0.717) is 0 Å². The summed E-state index contributed by atoms with van der Waals surface area (Å²) in [6.07, 6.45) is 6.86. The molecule has 0 radical (unpaired) electrons. The summed E-state index contributed by atoms with van der Waals surface area (Å²) in [6, 6.07) is 0. The molecule has 1 heterocycles. The first-order valence-corrected chi connectivity index (χ1v) is 3.39. The van der Waals surface area contributed by atoms with Gasteiger partial charge in [0.1, 0.15) is 5.82 Å². The van der Waals surface area contributed by atoms with Gasteiger partial charge in [-0.15, -0.1) is 0 Å². The molecule has 3 nitrogen and oxygen atoms in total. The molecule has 0 aromatic carbocycles. The number of aliphatic hydroxyl groups excluding tert-OH is 1. The number of hydrogen-bond donors (Lipinski definition) is 1. The second-order valence-electron chi connectivity index (χ2n) is 2.15. The molecule has 0 spiro atoms. The third-order valence-corrected chi connectivity index (χ3v) is 1.22. The van der Waals surface area contributed by atoms with Crippen molar-refractivity contribution in [2.75, 3.05) is 6.61 Å². The van der Waals surface area contributed by atoms with Gasteiger partial charge in [-0.25, -0.2) is 9.97 Å². The maximum atomic E-state index is 8.45. The molecule has 58 valence electrons. The monoisotopic (exact) mass is 150 g/mol. The van der Waals surface area contributed by atoms with Crippen molar-refractivity contribution in [2.24, 2.45) is 0 Å². The molecule has 1 N–H and O–H groups in total. The Hall–Kier alpha value is -1.22. The summed E-state index contributed by atoms with van der Waals surface area (Å²) in [7, 11) is 0. The third kappa shape index (κ3) is 2.47. The Morgan fingerprint density at radius 1 is 1.45 bits per heavy atom. The smallest absolute Gasteiger partial charge is 0.125 e. The van der Waals surface area contributed by atoms with Gasteiger partial charge in [0.25, 0.3) is 0 Å². The van der Waals surface area contributed by atoms with E-state index in [4.69, 9.17) is 5.11 Å². The van der Waals surface area contributed by atoms with Crippen LogP contribution in [-0.4, -0.2) is 21.7 Å². The van der Waals surface area contributed by atoms with E-state index in [-0.39, 0.29) is 6.61 Å². The molecule has 0 aliphatic carbocycles. The minimum atomic E-state index is 0.0495. The van der Waals surface area contributed by atoms with Gasteiger partial charge in [0.15, 0.2) is 0 Å². The molecule has 0 amide bonds. The molecule has 0 aliphatic rings. The quantitative estimate of drug-likeness (QED) is 0.678. The summed E-state index contributed by atoms with van der Waals surface area (Å²) in [6.45, 7) is 1.88. The topological polar surface area (TPSA) is 46.0 Å². The van der Waals surface area contributed by atoms with E-state index in [9.17, 15) is 0 Å². The molecule has 0 aliphatic heterocycles. The van der Waals surface area contributed by atoms with Crippen LogP contribution in [0.25, 0.3) is 6.08 Å². The number of rotatable bonds is 2. The zero-order valence-corrected chi connectivity index (χ0v) is 6.36. The summed E-state index contributed by atoms with van der Waals surface area (Å²) >= 11 is 0. The van der Waals surface area contributed by atoms with Gasteiger partial charge in [0, 0.05) is 18.0 Å². The molecule has 1 aromatic heterocycles. The Bertz CT molecular complexity index is 241. The number of aromatic nitrogens is 2. The summed E-state index contributed by atoms with van der Waals surface area (Å²) in [5.74, 6) is 0.756. The third-order valence-electron chi connectivity index (χ3n) is 1.22. The maximum absolute atomic E-state index is 8.45. The second-order valence-corrected chi connectivity index (χ2v) is 2.15. The van der Waals surface area contributed by atoms with Crippen LogP contribution in [0.3, 0.4) is 0 Å². The number of aliphatic hydroxyl groups is 1. The summed E-state index contributed by atoms with van der Waals surface area (Å²) in [5.41, 5.74) is 0.907. The number of aryl methyl sites for hydroxylation is 1. The highest BCUT2D eigenvalue weighted by Gasteiger charge is 1.86. The van der Waals surface area contributed by atoms with Gasteiger partial charge >= 0.3 is 0 Å². The predicted octanol–water partition coefficient (Wildman–Crippen LogP) is 0.791. The van der Waals surface area contributed by atoms with Gasteiger partial charge < -0.3 is 5.11 Å². The van der Waals surface area contributed by atoms with Crippen molar-refractivity contribution in [1.29, 1.82) is 0 Å². The van der Waals surface area contributed by atoms with Gasteiger partial charge in [-0.3, -0.25) is 0 Å². The van der Waals surface area contributed by atoms with Crippen molar-refractivity contribution in [3.05, 3.63) is 29.9 Å². The first-order chi connectivity index (χ1) is 5.33. The average Bonchev–Trinajstić information content (AvgIpc) is 2.04. The average molecular weight is 150 g/mol. The van der Waals surface area contributed by atoms with Crippen LogP contribution in [0.1, 0.15) is 11.4 Å². The van der Waals surface area contributed by atoms with Crippen molar-refractivity contribution in [1.82, 2.24) is 9.97 Å². The fourth-order valence-electron chi connectivity index (χ4n) is 0.677. The highest BCUT2D eigenvalue weighted by atomic mass is 16.2. The fourth-order valence-corrected chi connectivity index (χ4v) is 0.677. The SMILES string of the molecule is Cc1ncc(/C=C/CO)cn1. The Kier molecular flexibility index (Phi) is 2.74. The van der Waals surface area contributed by atoms with Crippen molar-refractivity contribution in [3.8, 4) is 0 Å². The van der Waals surface area contributed by atoms with Gasteiger partial charge in [0.2, 0.25) is 0 Å². The molecular formula is C8H10N2O. The maximum Gasteiger partial charge on any atom is 0.125 e. The first-order valence-electron chi connectivity index (χ1n) is 3.39. The van der Waals surface area contributed by atoms with Gasteiger partial charge in [0.05, 0.1) is 6.61 Å². The van der Waals surface area contributed by atoms with Crippen LogP contribution in [0, 0.1) is 6.92 Å². The molecule has 0 saturated heterocycles. The standard InChI is InChI=1S/C8H10N2O/c1-7-9-5-8(6-10-7)3-2-4-11/h2-3,5-6,11H,4H2,1H3/b3-2+. The molecule has 3 heteroatoms. The predicted molar refractivity (Wildman–Crippen MR) is 42.9 cm³/mol.